The van der Waals surface area contributed by atoms with Crippen molar-refractivity contribution in [3.8, 4) is 11.5 Å². The Kier molecular flexibility index (Phi) is 6.24. The second-order valence-electron chi connectivity index (χ2n) is 5.04. The summed E-state index contributed by atoms with van der Waals surface area (Å²) in [7, 11) is 1.60. The summed E-state index contributed by atoms with van der Waals surface area (Å²) >= 11 is 0. The minimum absolute atomic E-state index is 0.143. The van der Waals surface area contributed by atoms with E-state index in [0.29, 0.717) is 24.7 Å². The van der Waals surface area contributed by atoms with E-state index in [9.17, 15) is 4.79 Å². The number of carbonyl (C=O) groups is 1. The molecular formula is C19H21NO3. The lowest BCUT2D eigenvalue weighted by Gasteiger charge is -2.10. The number of hydrogen-bond acceptors (Lipinski definition) is 3. The monoisotopic (exact) mass is 311 g/mol. The molecule has 1 N–H and O–H groups in total. The summed E-state index contributed by atoms with van der Waals surface area (Å²) in [6.07, 6.45) is 3.32. The van der Waals surface area contributed by atoms with Crippen LogP contribution in [0.15, 0.2) is 54.6 Å². The fourth-order valence-corrected chi connectivity index (χ4v) is 2.08. The molecule has 1 amide bonds. The molecule has 0 saturated heterocycles. The minimum Gasteiger partial charge on any atom is -0.493 e. The standard InChI is InChI=1S/C19H21NO3/c1-15-6-5-7-16(14-15)10-11-19(21)20-12-13-23-18-9-4-3-8-17(18)22-2/h3-11,14H,12-13H2,1-2H3,(H,20,21)/b11-10+. The van der Waals surface area contributed by atoms with E-state index in [-0.39, 0.29) is 5.91 Å². The smallest absolute Gasteiger partial charge is 0.244 e. The van der Waals surface area contributed by atoms with E-state index >= 15 is 0 Å². The number of rotatable bonds is 7. The van der Waals surface area contributed by atoms with Gasteiger partial charge in [-0.15, -0.1) is 0 Å². The Hall–Kier alpha value is -2.75. The zero-order valence-electron chi connectivity index (χ0n) is 13.4. The van der Waals surface area contributed by atoms with Gasteiger partial charge < -0.3 is 14.8 Å². The summed E-state index contributed by atoms with van der Waals surface area (Å²) < 4.78 is 10.8. The number of methoxy groups -OCH3 is 1. The molecule has 0 spiro atoms. The van der Waals surface area contributed by atoms with Gasteiger partial charge in [0, 0.05) is 6.08 Å². The van der Waals surface area contributed by atoms with Gasteiger partial charge in [-0.25, -0.2) is 0 Å². The van der Waals surface area contributed by atoms with Gasteiger partial charge in [0.1, 0.15) is 6.61 Å². The Balaban J connectivity index is 1.74. The van der Waals surface area contributed by atoms with Gasteiger partial charge in [-0.1, -0.05) is 42.0 Å². The molecule has 4 heteroatoms. The largest absolute Gasteiger partial charge is 0.493 e. The molecule has 0 atom stereocenters. The third kappa shape index (κ3) is 5.51. The predicted molar refractivity (Wildman–Crippen MR) is 91.7 cm³/mol. The van der Waals surface area contributed by atoms with Crippen LogP contribution in [0.5, 0.6) is 11.5 Å². The van der Waals surface area contributed by atoms with Crippen LogP contribution in [0, 0.1) is 6.92 Å². The molecule has 0 saturated carbocycles. The van der Waals surface area contributed by atoms with Crippen molar-refractivity contribution in [3.05, 3.63) is 65.7 Å². The average Bonchev–Trinajstić information content (AvgIpc) is 2.57. The molecule has 0 aliphatic rings. The lowest BCUT2D eigenvalue weighted by molar-refractivity contribution is -0.116. The Morgan fingerprint density at radius 1 is 1.13 bits per heavy atom. The van der Waals surface area contributed by atoms with Crippen LogP contribution in [0.1, 0.15) is 11.1 Å². The van der Waals surface area contributed by atoms with E-state index in [1.54, 1.807) is 13.2 Å². The van der Waals surface area contributed by atoms with Gasteiger partial charge in [0.15, 0.2) is 11.5 Å². The van der Waals surface area contributed by atoms with Gasteiger partial charge in [-0.3, -0.25) is 4.79 Å². The van der Waals surface area contributed by atoms with Crippen LogP contribution < -0.4 is 14.8 Å². The third-order valence-corrected chi connectivity index (χ3v) is 3.20. The van der Waals surface area contributed by atoms with Crippen LogP contribution in [0.4, 0.5) is 0 Å². The molecule has 2 aromatic rings. The van der Waals surface area contributed by atoms with Gasteiger partial charge >= 0.3 is 0 Å². The fraction of sp³-hybridized carbons (Fsp3) is 0.211. The third-order valence-electron chi connectivity index (χ3n) is 3.20. The highest BCUT2D eigenvalue weighted by Gasteiger charge is 2.02. The van der Waals surface area contributed by atoms with Crippen molar-refractivity contribution >= 4 is 12.0 Å². The molecule has 0 fully saturated rings. The highest BCUT2D eigenvalue weighted by atomic mass is 16.5. The lowest BCUT2D eigenvalue weighted by atomic mass is 10.1. The number of amides is 1. The Morgan fingerprint density at radius 2 is 1.91 bits per heavy atom. The maximum atomic E-state index is 11.8. The van der Waals surface area contributed by atoms with Crippen molar-refractivity contribution in [1.29, 1.82) is 0 Å². The average molecular weight is 311 g/mol. The summed E-state index contributed by atoms with van der Waals surface area (Å²) in [5.41, 5.74) is 2.17. The molecule has 0 aliphatic heterocycles. The van der Waals surface area contributed by atoms with Gasteiger partial charge in [0.25, 0.3) is 0 Å². The second kappa shape index (κ2) is 8.63. The summed E-state index contributed by atoms with van der Waals surface area (Å²) in [5.74, 6) is 1.20. The molecule has 2 aromatic carbocycles. The Morgan fingerprint density at radius 3 is 2.65 bits per heavy atom. The number of nitrogens with one attached hydrogen (secondary N) is 1. The van der Waals surface area contributed by atoms with E-state index in [2.05, 4.69) is 5.32 Å². The van der Waals surface area contributed by atoms with Gasteiger partial charge in [0.2, 0.25) is 5.91 Å². The summed E-state index contributed by atoms with van der Waals surface area (Å²) in [6.45, 7) is 2.83. The van der Waals surface area contributed by atoms with Crippen molar-refractivity contribution in [2.45, 2.75) is 6.92 Å². The highest BCUT2D eigenvalue weighted by Crippen LogP contribution is 2.25. The SMILES string of the molecule is COc1ccccc1OCCNC(=O)/C=C/c1cccc(C)c1. The first-order chi connectivity index (χ1) is 11.2. The molecule has 0 unspecified atom stereocenters. The zero-order valence-corrected chi connectivity index (χ0v) is 13.4. The highest BCUT2D eigenvalue weighted by molar-refractivity contribution is 5.91. The number of aryl methyl sites for hydroxylation is 1. The molecule has 0 bridgehead atoms. The minimum atomic E-state index is -0.143. The van der Waals surface area contributed by atoms with Crippen LogP contribution in [0.2, 0.25) is 0 Å². The maximum Gasteiger partial charge on any atom is 0.244 e. The molecule has 120 valence electrons. The van der Waals surface area contributed by atoms with E-state index in [4.69, 9.17) is 9.47 Å². The molecule has 0 radical (unpaired) electrons. The quantitative estimate of drug-likeness (QED) is 0.631. The van der Waals surface area contributed by atoms with Crippen LogP contribution in [0.25, 0.3) is 6.08 Å². The number of benzene rings is 2. The van der Waals surface area contributed by atoms with Crippen molar-refractivity contribution in [3.63, 3.8) is 0 Å². The van der Waals surface area contributed by atoms with Crippen molar-refractivity contribution in [1.82, 2.24) is 5.32 Å². The van der Waals surface area contributed by atoms with Crippen LogP contribution >= 0.6 is 0 Å². The van der Waals surface area contributed by atoms with Crippen molar-refractivity contribution < 1.29 is 14.3 Å². The lowest BCUT2D eigenvalue weighted by Crippen LogP contribution is -2.26. The molecule has 2 rings (SSSR count). The molecule has 4 nitrogen and oxygen atoms in total. The molecule has 23 heavy (non-hydrogen) atoms. The first kappa shape index (κ1) is 16.6. The zero-order chi connectivity index (χ0) is 16.5. The van der Waals surface area contributed by atoms with E-state index in [1.165, 1.54) is 6.08 Å². The van der Waals surface area contributed by atoms with Crippen molar-refractivity contribution in [2.75, 3.05) is 20.3 Å². The molecule has 0 aliphatic carbocycles. The second-order valence-corrected chi connectivity index (χ2v) is 5.04. The van der Waals surface area contributed by atoms with E-state index in [1.807, 2.05) is 55.5 Å². The van der Waals surface area contributed by atoms with Gasteiger partial charge in [0.05, 0.1) is 13.7 Å². The predicted octanol–water partition coefficient (Wildman–Crippen LogP) is 3.21. The fourth-order valence-electron chi connectivity index (χ4n) is 2.08. The van der Waals surface area contributed by atoms with Crippen LogP contribution in [-0.4, -0.2) is 26.2 Å². The summed E-state index contributed by atoms with van der Waals surface area (Å²) in [6, 6.07) is 15.4. The number of ether oxygens (including phenoxy) is 2. The normalized spacial score (nSPS) is 10.5. The molecule has 0 heterocycles. The Labute approximate surface area is 136 Å². The van der Waals surface area contributed by atoms with Crippen molar-refractivity contribution in [2.24, 2.45) is 0 Å². The van der Waals surface area contributed by atoms with Crippen LogP contribution in [0.3, 0.4) is 0 Å². The number of hydrogen-bond donors (Lipinski definition) is 1. The number of carbonyl (C=O) groups excluding carboxylic acids is 1. The van der Waals surface area contributed by atoms with E-state index in [0.717, 1.165) is 11.1 Å². The van der Waals surface area contributed by atoms with Gasteiger partial charge in [-0.05, 0) is 30.7 Å². The number of para-hydroxylation sites is 2. The summed E-state index contributed by atoms with van der Waals surface area (Å²) in [4.78, 5) is 11.8. The summed E-state index contributed by atoms with van der Waals surface area (Å²) in [5, 5.41) is 2.78. The first-order valence-electron chi connectivity index (χ1n) is 7.47. The molecule has 0 aromatic heterocycles. The first-order valence-corrected chi connectivity index (χ1v) is 7.47. The maximum absolute atomic E-state index is 11.8. The topological polar surface area (TPSA) is 47.6 Å². The van der Waals surface area contributed by atoms with Gasteiger partial charge in [-0.2, -0.15) is 0 Å². The van der Waals surface area contributed by atoms with E-state index < -0.39 is 0 Å². The Bertz CT molecular complexity index is 680. The van der Waals surface area contributed by atoms with Crippen LogP contribution in [-0.2, 0) is 4.79 Å². The molecular weight excluding hydrogens is 290 g/mol.